The molecule has 0 saturated carbocycles. The monoisotopic (exact) mass is 1110 g/mol. The van der Waals surface area contributed by atoms with Gasteiger partial charge in [-0.25, -0.2) is 19.9 Å². The molecule has 0 bridgehead atoms. The second-order valence-electron chi connectivity index (χ2n) is 23.8. The fourth-order valence-electron chi connectivity index (χ4n) is 12.9. The van der Waals surface area contributed by atoms with Gasteiger partial charge in [0.25, 0.3) is 0 Å². The molecular weight excluding hydrogens is 1030 g/mol. The van der Waals surface area contributed by atoms with E-state index in [9.17, 15) is 0 Å². The van der Waals surface area contributed by atoms with Crippen LogP contribution in [0.5, 0.6) is 0 Å². The minimum atomic E-state index is -0.0627. The second-order valence-corrected chi connectivity index (χ2v) is 23.8. The van der Waals surface area contributed by atoms with E-state index in [0.29, 0.717) is 11.6 Å². The molecule has 0 radical (unpaired) electrons. The Morgan fingerprint density at radius 1 is 0.259 bits per heavy atom. The molecule has 4 nitrogen and oxygen atoms in total. The Kier molecular flexibility index (Phi) is 17.6. The summed E-state index contributed by atoms with van der Waals surface area (Å²) in [6.07, 6.45) is 17.8. The quantitative estimate of drug-likeness (QED) is 0.0599. The van der Waals surface area contributed by atoms with E-state index in [1.807, 2.05) is 6.07 Å². The summed E-state index contributed by atoms with van der Waals surface area (Å²) in [6.45, 7) is 9.05. The van der Waals surface area contributed by atoms with Crippen molar-refractivity contribution in [3.63, 3.8) is 0 Å². The van der Waals surface area contributed by atoms with Crippen molar-refractivity contribution in [2.45, 2.75) is 123 Å². The maximum absolute atomic E-state index is 5.45. The molecule has 12 rings (SSSR count). The van der Waals surface area contributed by atoms with Gasteiger partial charge in [-0.3, -0.25) is 0 Å². The van der Waals surface area contributed by atoms with Gasteiger partial charge in [0.2, 0.25) is 0 Å². The lowest BCUT2D eigenvalue weighted by atomic mass is 9.70. The summed E-state index contributed by atoms with van der Waals surface area (Å²) in [7, 11) is 0. The molecule has 0 atom stereocenters. The van der Waals surface area contributed by atoms with Crippen molar-refractivity contribution in [3.8, 4) is 112 Å². The van der Waals surface area contributed by atoms with Crippen LogP contribution in [0.1, 0.15) is 126 Å². The molecule has 4 heteroatoms. The lowest BCUT2D eigenvalue weighted by Crippen LogP contribution is -2.25. The molecule has 0 saturated heterocycles. The van der Waals surface area contributed by atoms with Gasteiger partial charge in [0.05, 0.1) is 22.8 Å². The number of unbranched alkanes of at least 4 members (excludes halogenated alkanes) is 10. The zero-order valence-electron chi connectivity index (χ0n) is 50.1. The summed E-state index contributed by atoms with van der Waals surface area (Å²) in [5.41, 5.74) is 24.8. The van der Waals surface area contributed by atoms with Crippen LogP contribution in [0.25, 0.3) is 112 Å². The van der Waals surface area contributed by atoms with Crippen LogP contribution in [0, 0.1) is 13.8 Å². The number of aromatic nitrogens is 4. The second kappa shape index (κ2) is 26.4. The van der Waals surface area contributed by atoms with E-state index in [2.05, 4.69) is 252 Å². The van der Waals surface area contributed by atoms with Gasteiger partial charge >= 0.3 is 0 Å². The summed E-state index contributed by atoms with van der Waals surface area (Å²) >= 11 is 0. The van der Waals surface area contributed by atoms with E-state index >= 15 is 0 Å². The Balaban J connectivity index is 1.01. The van der Waals surface area contributed by atoms with Gasteiger partial charge in [0.15, 0.2) is 11.6 Å². The Labute approximate surface area is 505 Å². The molecule has 1 aliphatic carbocycles. The lowest BCUT2D eigenvalue weighted by molar-refractivity contribution is 0.398. The van der Waals surface area contributed by atoms with Crippen LogP contribution in [-0.4, -0.2) is 19.9 Å². The molecule has 0 aliphatic heterocycles. The number of rotatable bonds is 23. The van der Waals surface area contributed by atoms with Gasteiger partial charge in [-0.1, -0.05) is 290 Å². The summed E-state index contributed by atoms with van der Waals surface area (Å²) < 4.78 is 0. The van der Waals surface area contributed by atoms with Crippen LogP contribution in [-0.2, 0) is 5.41 Å². The minimum absolute atomic E-state index is 0.0627. The van der Waals surface area contributed by atoms with E-state index in [1.165, 1.54) is 127 Å². The highest BCUT2D eigenvalue weighted by Crippen LogP contribution is 2.55. The predicted octanol–water partition coefficient (Wildman–Crippen LogP) is 22.7. The first-order chi connectivity index (χ1) is 41.8. The van der Waals surface area contributed by atoms with Crippen molar-refractivity contribution in [3.05, 3.63) is 253 Å². The van der Waals surface area contributed by atoms with Crippen molar-refractivity contribution in [1.29, 1.82) is 0 Å². The van der Waals surface area contributed by atoms with Crippen molar-refractivity contribution in [2.24, 2.45) is 0 Å². The van der Waals surface area contributed by atoms with Crippen LogP contribution in [0.2, 0.25) is 0 Å². The molecule has 85 heavy (non-hydrogen) atoms. The molecule has 0 unspecified atom stereocenters. The number of fused-ring (bicyclic) bond motifs is 3. The van der Waals surface area contributed by atoms with Gasteiger partial charge in [-0.15, -0.1) is 0 Å². The fraction of sp³-hybridized carbons (Fsp3) is 0.235. The van der Waals surface area contributed by atoms with Gasteiger partial charge in [-0.05, 0) is 125 Å². The molecule has 0 spiro atoms. The molecule has 2 aromatic heterocycles. The first kappa shape index (κ1) is 56.6. The first-order valence-corrected chi connectivity index (χ1v) is 31.5. The molecular formula is C81H78N4. The molecule has 2 heterocycles. The zero-order chi connectivity index (χ0) is 58.0. The minimum Gasteiger partial charge on any atom is -0.228 e. The molecule has 11 aromatic rings. The van der Waals surface area contributed by atoms with Crippen LogP contribution in [0.15, 0.2) is 231 Å². The molecule has 422 valence electrons. The molecule has 0 amide bonds. The van der Waals surface area contributed by atoms with E-state index in [0.717, 1.165) is 85.7 Å². The van der Waals surface area contributed by atoms with E-state index < -0.39 is 0 Å². The topological polar surface area (TPSA) is 51.6 Å². The molecule has 0 N–H and O–H groups in total. The zero-order valence-corrected chi connectivity index (χ0v) is 50.1. The van der Waals surface area contributed by atoms with Crippen molar-refractivity contribution in [2.75, 3.05) is 0 Å². The maximum atomic E-state index is 5.45. The predicted molar refractivity (Wildman–Crippen MR) is 358 cm³/mol. The highest BCUT2D eigenvalue weighted by molar-refractivity contribution is 5.88. The van der Waals surface area contributed by atoms with E-state index in [4.69, 9.17) is 19.9 Å². The third-order valence-corrected chi connectivity index (χ3v) is 17.6. The standard InChI is InChI=1S/C81H78N4/c1-5-7-9-11-13-24-47-81(48-25-14-12-10-8-6-2)73-49-58(4)37-45-71(73)72-46-44-66(54-74(72)81)69-51-68(52-70(53-69)80-83-75(61-27-18-15-19-28-61)55-76(84-80)62-29-20-16-21-30-62)65-33-26-34-67(50-65)78-56-77(82-79(85-78)64-31-22-17-23-32-64)63-42-40-60(41-43-63)59-38-35-57(3)36-39-59/h15-23,26-46,49-56H,5-14,24-25,47-48H2,1-4H3. The van der Waals surface area contributed by atoms with Gasteiger partial charge < -0.3 is 0 Å². The van der Waals surface area contributed by atoms with E-state index in [1.54, 1.807) is 0 Å². The van der Waals surface area contributed by atoms with Crippen LogP contribution >= 0.6 is 0 Å². The first-order valence-electron chi connectivity index (χ1n) is 31.5. The smallest absolute Gasteiger partial charge is 0.160 e. The highest BCUT2D eigenvalue weighted by atomic mass is 14.9. The largest absolute Gasteiger partial charge is 0.228 e. The summed E-state index contributed by atoms with van der Waals surface area (Å²) in [4.78, 5) is 21.5. The lowest BCUT2D eigenvalue weighted by Gasteiger charge is -2.33. The molecule has 9 aromatic carbocycles. The average molecular weight is 1110 g/mol. The fourth-order valence-corrected chi connectivity index (χ4v) is 12.9. The summed E-state index contributed by atoms with van der Waals surface area (Å²) in [5, 5.41) is 0. The number of hydrogen-bond acceptors (Lipinski definition) is 4. The van der Waals surface area contributed by atoms with Crippen LogP contribution in [0.4, 0.5) is 0 Å². The number of aryl methyl sites for hydroxylation is 2. The number of benzene rings is 9. The Hall–Kier alpha value is -8.86. The molecule has 1 aliphatic rings. The van der Waals surface area contributed by atoms with E-state index in [-0.39, 0.29) is 5.41 Å². The number of nitrogens with zero attached hydrogens (tertiary/aromatic N) is 4. The Bertz CT molecular complexity index is 3960. The Morgan fingerprint density at radius 3 is 1.18 bits per heavy atom. The maximum Gasteiger partial charge on any atom is 0.160 e. The van der Waals surface area contributed by atoms with Gasteiger partial charge in [-0.2, -0.15) is 0 Å². The summed E-state index contributed by atoms with van der Waals surface area (Å²) in [5.74, 6) is 1.37. The number of hydrogen-bond donors (Lipinski definition) is 0. The normalized spacial score (nSPS) is 12.3. The van der Waals surface area contributed by atoms with Crippen molar-refractivity contribution >= 4 is 0 Å². The molecule has 0 fully saturated rings. The third kappa shape index (κ3) is 12.8. The van der Waals surface area contributed by atoms with Crippen LogP contribution < -0.4 is 0 Å². The summed E-state index contributed by atoms with van der Waals surface area (Å²) in [6, 6.07) is 83.8. The van der Waals surface area contributed by atoms with Crippen molar-refractivity contribution in [1.82, 2.24) is 19.9 Å². The van der Waals surface area contributed by atoms with Crippen molar-refractivity contribution < 1.29 is 0 Å². The Morgan fingerprint density at radius 2 is 0.624 bits per heavy atom. The van der Waals surface area contributed by atoms with Gasteiger partial charge in [0, 0.05) is 38.8 Å². The SMILES string of the molecule is CCCCCCCCC1(CCCCCCCC)c2cc(C)ccc2-c2ccc(-c3cc(-c4cccc(-c5cc(-c6ccc(-c7ccc(C)cc7)cc6)nc(-c6ccccc6)n5)c4)cc(-c4nc(-c5ccccc5)cc(-c5ccccc5)n4)c3)cc21. The average Bonchev–Trinajstić information content (AvgIpc) is 2.17. The van der Waals surface area contributed by atoms with Gasteiger partial charge in [0.1, 0.15) is 0 Å². The van der Waals surface area contributed by atoms with Crippen LogP contribution in [0.3, 0.4) is 0 Å². The third-order valence-electron chi connectivity index (χ3n) is 17.6. The highest BCUT2D eigenvalue weighted by Gasteiger charge is 2.42.